The third-order valence-corrected chi connectivity index (χ3v) is 3.34. The van der Waals surface area contributed by atoms with Crippen molar-refractivity contribution in [3.05, 3.63) is 12.2 Å². The standard InChI is InChI=1S/C11H17N5O3/c1-7(10(17)18)8-4-16(5-8)11(19)12-3-9-13-6-15(2)14-9/h6-8H,3-5H2,1-2H3,(H,12,19)(H,17,18). The molecule has 1 atom stereocenters. The SMILES string of the molecule is CC(C(=O)O)C1CN(C(=O)NCc2ncn(C)n2)C1. The highest BCUT2D eigenvalue weighted by Crippen LogP contribution is 2.23. The number of aromatic nitrogens is 3. The molecule has 1 aliphatic heterocycles. The third kappa shape index (κ3) is 3.01. The fraction of sp³-hybridized carbons (Fsp3) is 0.636. The molecule has 2 rings (SSSR count). The van der Waals surface area contributed by atoms with Crippen molar-refractivity contribution in [2.45, 2.75) is 13.5 Å². The van der Waals surface area contributed by atoms with E-state index in [1.54, 1.807) is 29.9 Å². The number of hydrogen-bond donors (Lipinski definition) is 2. The molecule has 2 heterocycles. The Bertz CT molecular complexity index is 480. The Balaban J connectivity index is 1.73. The van der Waals surface area contributed by atoms with E-state index < -0.39 is 11.9 Å². The number of carbonyl (C=O) groups is 2. The van der Waals surface area contributed by atoms with Crippen molar-refractivity contribution in [1.82, 2.24) is 25.0 Å². The number of nitrogens with zero attached hydrogens (tertiary/aromatic N) is 4. The molecule has 0 saturated carbocycles. The summed E-state index contributed by atoms with van der Waals surface area (Å²) in [5.74, 6) is -0.646. The molecule has 0 bridgehead atoms. The minimum absolute atomic E-state index is 0.0382. The second kappa shape index (κ2) is 5.25. The summed E-state index contributed by atoms with van der Waals surface area (Å²) in [5, 5.41) is 15.6. The van der Waals surface area contributed by atoms with Crippen LogP contribution >= 0.6 is 0 Å². The van der Waals surface area contributed by atoms with Crippen LogP contribution in [0.25, 0.3) is 0 Å². The number of carboxylic acids is 1. The fourth-order valence-electron chi connectivity index (χ4n) is 1.93. The van der Waals surface area contributed by atoms with Crippen LogP contribution in [-0.2, 0) is 18.4 Å². The molecule has 0 aromatic carbocycles. The van der Waals surface area contributed by atoms with E-state index in [9.17, 15) is 9.59 Å². The van der Waals surface area contributed by atoms with E-state index in [2.05, 4.69) is 15.4 Å². The molecule has 1 fully saturated rings. The second-order valence-electron chi connectivity index (χ2n) is 4.79. The van der Waals surface area contributed by atoms with Crippen LogP contribution in [0.1, 0.15) is 12.7 Å². The van der Waals surface area contributed by atoms with Crippen molar-refractivity contribution in [2.24, 2.45) is 18.9 Å². The van der Waals surface area contributed by atoms with Crippen LogP contribution in [0.4, 0.5) is 4.79 Å². The molecule has 1 aromatic heterocycles. The Labute approximate surface area is 110 Å². The lowest BCUT2D eigenvalue weighted by atomic mass is 9.87. The average molecular weight is 267 g/mol. The van der Waals surface area contributed by atoms with Gasteiger partial charge in [0, 0.05) is 26.1 Å². The van der Waals surface area contributed by atoms with Crippen LogP contribution in [0, 0.1) is 11.8 Å². The van der Waals surface area contributed by atoms with Crippen LogP contribution in [0.5, 0.6) is 0 Å². The molecule has 8 nitrogen and oxygen atoms in total. The lowest BCUT2D eigenvalue weighted by Crippen LogP contribution is -2.56. The monoisotopic (exact) mass is 267 g/mol. The maximum absolute atomic E-state index is 11.7. The van der Waals surface area contributed by atoms with E-state index in [1.807, 2.05) is 0 Å². The molecule has 104 valence electrons. The Morgan fingerprint density at radius 1 is 1.58 bits per heavy atom. The van der Waals surface area contributed by atoms with Crippen LogP contribution < -0.4 is 5.32 Å². The Kier molecular flexibility index (Phi) is 3.68. The minimum atomic E-state index is -0.817. The van der Waals surface area contributed by atoms with Gasteiger partial charge >= 0.3 is 12.0 Å². The summed E-state index contributed by atoms with van der Waals surface area (Å²) in [6.07, 6.45) is 1.57. The Morgan fingerprint density at radius 2 is 2.26 bits per heavy atom. The summed E-state index contributed by atoms with van der Waals surface area (Å²) >= 11 is 0. The van der Waals surface area contributed by atoms with E-state index in [0.29, 0.717) is 18.9 Å². The van der Waals surface area contributed by atoms with E-state index in [1.165, 1.54) is 0 Å². The minimum Gasteiger partial charge on any atom is -0.481 e. The van der Waals surface area contributed by atoms with E-state index in [4.69, 9.17) is 5.11 Å². The molecule has 19 heavy (non-hydrogen) atoms. The molecule has 1 aromatic rings. The Morgan fingerprint density at radius 3 is 2.79 bits per heavy atom. The molecule has 0 spiro atoms. The van der Waals surface area contributed by atoms with Gasteiger partial charge in [-0.2, -0.15) is 5.10 Å². The summed E-state index contributed by atoms with van der Waals surface area (Å²) in [6.45, 7) is 2.90. The summed E-state index contributed by atoms with van der Waals surface area (Å²) in [7, 11) is 1.76. The molecule has 2 N–H and O–H groups in total. The van der Waals surface area contributed by atoms with Gasteiger partial charge in [0.25, 0.3) is 0 Å². The van der Waals surface area contributed by atoms with Crippen molar-refractivity contribution >= 4 is 12.0 Å². The number of aryl methyl sites for hydroxylation is 1. The van der Waals surface area contributed by atoms with Crippen molar-refractivity contribution in [1.29, 1.82) is 0 Å². The quantitative estimate of drug-likeness (QED) is 0.778. The van der Waals surface area contributed by atoms with Crippen LogP contribution in [-0.4, -0.2) is 49.9 Å². The van der Waals surface area contributed by atoms with Gasteiger partial charge in [0.15, 0.2) is 5.82 Å². The predicted molar refractivity (Wildman–Crippen MR) is 65.1 cm³/mol. The third-order valence-electron chi connectivity index (χ3n) is 3.34. The van der Waals surface area contributed by atoms with Gasteiger partial charge in [0.05, 0.1) is 12.5 Å². The number of urea groups is 1. The van der Waals surface area contributed by atoms with E-state index in [-0.39, 0.29) is 18.5 Å². The maximum Gasteiger partial charge on any atom is 0.317 e. The zero-order chi connectivity index (χ0) is 14.0. The number of likely N-dealkylation sites (tertiary alicyclic amines) is 1. The highest BCUT2D eigenvalue weighted by Gasteiger charge is 2.37. The maximum atomic E-state index is 11.7. The molecule has 1 unspecified atom stereocenters. The van der Waals surface area contributed by atoms with Crippen LogP contribution in [0.3, 0.4) is 0 Å². The van der Waals surface area contributed by atoms with Crippen molar-refractivity contribution in [2.75, 3.05) is 13.1 Å². The van der Waals surface area contributed by atoms with Gasteiger partial charge in [-0.1, -0.05) is 6.92 Å². The van der Waals surface area contributed by atoms with Crippen molar-refractivity contribution < 1.29 is 14.7 Å². The molecular formula is C11H17N5O3. The number of nitrogens with one attached hydrogen (secondary N) is 1. The van der Waals surface area contributed by atoms with E-state index >= 15 is 0 Å². The average Bonchev–Trinajstić information content (AvgIpc) is 2.70. The fourth-order valence-corrected chi connectivity index (χ4v) is 1.93. The first kappa shape index (κ1) is 13.3. The van der Waals surface area contributed by atoms with Gasteiger partial charge in [-0.05, 0) is 0 Å². The normalized spacial score (nSPS) is 16.8. The van der Waals surface area contributed by atoms with Gasteiger partial charge in [0.1, 0.15) is 6.33 Å². The number of hydrogen-bond acceptors (Lipinski definition) is 4. The van der Waals surface area contributed by atoms with E-state index in [0.717, 1.165) is 0 Å². The number of aliphatic carboxylic acids is 1. The molecular weight excluding hydrogens is 250 g/mol. The first-order valence-corrected chi connectivity index (χ1v) is 6.07. The Hall–Kier alpha value is -2.12. The van der Waals surface area contributed by atoms with Crippen molar-refractivity contribution in [3.8, 4) is 0 Å². The summed E-state index contributed by atoms with van der Waals surface area (Å²) in [5.41, 5.74) is 0. The summed E-state index contributed by atoms with van der Waals surface area (Å²) < 4.78 is 1.57. The number of carboxylic acid groups (broad SMARTS) is 1. The van der Waals surface area contributed by atoms with Gasteiger partial charge in [-0.25, -0.2) is 9.78 Å². The summed E-state index contributed by atoms with van der Waals surface area (Å²) in [6, 6.07) is -0.207. The van der Waals surface area contributed by atoms with Gasteiger partial charge in [0.2, 0.25) is 0 Å². The van der Waals surface area contributed by atoms with Gasteiger partial charge in [-0.3, -0.25) is 9.48 Å². The lowest BCUT2D eigenvalue weighted by molar-refractivity contribution is -0.144. The van der Waals surface area contributed by atoms with Crippen LogP contribution in [0.15, 0.2) is 6.33 Å². The highest BCUT2D eigenvalue weighted by molar-refractivity contribution is 5.76. The molecule has 8 heteroatoms. The topological polar surface area (TPSA) is 100 Å². The molecule has 0 aliphatic carbocycles. The molecule has 1 saturated heterocycles. The smallest absolute Gasteiger partial charge is 0.317 e. The number of carbonyl (C=O) groups excluding carboxylic acids is 1. The number of amides is 2. The van der Waals surface area contributed by atoms with Crippen molar-refractivity contribution in [3.63, 3.8) is 0 Å². The van der Waals surface area contributed by atoms with Crippen LogP contribution in [0.2, 0.25) is 0 Å². The first-order valence-electron chi connectivity index (χ1n) is 6.07. The second-order valence-corrected chi connectivity index (χ2v) is 4.79. The first-order chi connectivity index (χ1) is 8.97. The van der Waals surface area contributed by atoms with Gasteiger partial charge in [-0.15, -0.1) is 0 Å². The largest absolute Gasteiger partial charge is 0.481 e. The predicted octanol–water partition coefficient (Wildman–Crippen LogP) is -0.323. The summed E-state index contributed by atoms with van der Waals surface area (Å²) in [4.78, 5) is 28.1. The lowest BCUT2D eigenvalue weighted by Gasteiger charge is -2.40. The van der Waals surface area contributed by atoms with Gasteiger partial charge < -0.3 is 15.3 Å². The zero-order valence-electron chi connectivity index (χ0n) is 10.9. The highest BCUT2D eigenvalue weighted by atomic mass is 16.4. The molecule has 0 radical (unpaired) electrons. The number of rotatable bonds is 4. The molecule has 1 aliphatic rings. The zero-order valence-corrected chi connectivity index (χ0v) is 10.9. The molecule has 2 amide bonds.